The van der Waals surface area contributed by atoms with Crippen LogP contribution in [0.3, 0.4) is 0 Å². The third-order valence-electron chi connectivity index (χ3n) is 4.41. The molecular formula is C18H23NS. The molecule has 1 aliphatic carbocycles. The highest BCUT2D eigenvalue weighted by Crippen LogP contribution is 2.38. The molecule has 0 amide bonds. The Morgan fingerprint density at radius 2 is 1.80 bits per heavy atom. The summed E-state index contributed by atoms with van der Waals surface area (Å²) >= 11 is 1.81. The van der Waals surface area contributed by atoms with E-state index in [1.807, 2.05) is 11.3 Å². The highest BCUT2D eigenvalue weighted by molar-refractivity contribution is 7.13. The zero-order chi connectivity index (χ0) is 14.0. The Labute approximate surface area is 126 Å². The number of benzene rings is 1. The molecule has 1 nitrogen and oxygen atoms in total. The fourth-order valence-corrected chi connectivity index (χ4v) is 3.79. The van der Waals surface area contributed by atoms with Gasteiger partial charge < -0.3 is 5.32 Å². The molecule has 1 N–H and O–H groups in total. The predicted octanol–water partition coefficient (Wildman–Crippen LogP) is 5.80. The van der Waals surface area contributed by atoms with Gasteiger partial charge >= 0.3 is 0 Å². The molecule has 1 aromatic heterocycles. The van der Waals surface area contributed by atoms with Gasteiger partial charge in [-0.15, -0.1) is 11.3 Å². The van der Waals surface area contributed by atoms with Crippen molar-refractivity contribution < 1.29 is 0 Å². The number of anilines is 1. The zero-order valence-electron chi connectivity index (χ0n) is 12.4. The Kier molecular flexibility index (Phi) is 3.84. The fraction of sp³-hybridized carbons (Fsp3) is 0.444. The Bertz CT molecular complexity index is 547. The minimum Gasteiger partial charge on any atom is -0.382 e. The molecule has 1 aromatic carbocycles. The van der Waals surface area contributed by atoms with Gasteiger partial charge in [0.25, 0.3) is 0 Å². The molecular weight excluding hydrogens is 262 g/mol. The average molecular weight is 285 g/mol. The van der Waals surface area contributed by atoms with E-state index < -0.39 is 0 Å². The van der Waals surface area contributed by atoms with Crippen LogP contribution in [0.4, 0.5) is 5.69 Å². The van der Waals surface area contributed by atoms with E-state index in [0.717, 1.165) is 0 Å². The van der Waals surface area contributed by atoms with Crippen molar-refractivity contribution in [2.75, 3.05) is 5.32 Å². The van der Waals surface area contributed by atoms with Crippen LogP contribution in [-0.2, 0) is 0 Å². The van der Waals surface area contributed by atoms with Crippen LogP contribution in [0.25, 0.3) is 10.4 Å². The lowest BCUT2D eigenvalue weighted by Crippen LogP contribution is -2.29. The second-order valence-electron chi connectivity index (χ2n) is 6.61. The summed E-state index contributed by atoms with van der Waals surface area (Å²) in [6.45, 7) is 4.78. The maximum Gasteiger partial charge on any atom is 0.0430 e. The van der Waals surface area contributed by atoms with Crippen LogP contribution >= 0.6 is 11.3 Å². The molecule has 1 fully saturated rings. The third kappa shape index (κ3) is 3.06. The topological polar surface area (TPSA) is 12.0 Å². The lowest BCUT2D eigenvalue weighted by Gasteiger charge is -2.35. The van der Waals surface area contributed by atoms with Crippen LogP contribution in [0.2, 0.25) is 0 Å². The summed E-state index contributed by atoms with van der Waals surface area (Å²) in [5.41, 5.74) is 3.16. The van der Waals surface area contributed by atoms with E-state index in [4.69, 9.17) is 0 Å². The molecule has 20 heavy (non-hydrogen) atoms. The standard InChI is InChI=1S/C18H23NS/c1-18(2)11-9-14(10-12-18)19-16-7-4-3-6-15(16)17-8-5-13-20-17/h3-8,13-14,19H,9-12H2,1-2H3. The maximum absolute atomic E-state index is 3.78. The molecule has 0 bridgehead atoms. The monoisotopic (exact) mass is 285 g/mol. The molecule has 0 atom stereocenters. The van der Waals surface area contributed by atoms with Gasteiger partial charge in [-0.3, -0.25) is 0 Å². The molecule has 0 saturated heterocycles. The highest BCUT2D eigenvalue weighted by Gasteiger charge is 2.26. The van der Waals surface area contributed by atoms with E-state index in [-0.39, 0.29) is 0 Å². The summed E-state index contributed by atoms with van der Waals surface area (Å²) in [6, 6.07) is 13.7. The minimum absolute atomic E-state index is 0.533. The van der Waals surface area contributed by atoms with Crippen molar-refractivity contribution in [3.63, 3.8) is 0 Å². The molecule has 106 valence electrons. The number of hydrogen-bond donors (Lipinski definition) is 1. The first kappa shape index (κ1) is 13.7. The third-order valence-corrected chi connectivity index (χ3v) is 5.32. The van der Waals surface area contributed by atoms with Crippen LogP contribution in [-0.4, -0.2) is 6.04 Å². The van der Waals surface area contributed by atoms with Crippen LogP contribution in [0.15, 0.2) is 41.8 Å². The molecule has 1 saturated carbocycles. The quantitative estimate of drug-likeness (QED) is 0.752. The van der Waals surface area contributed by atoms with Gasteiger partial charge in [0, 0.05) is 22.2 Å². The molecule has 2 aromatic rings. The van der Waals surface area contributed by atoms with Crippen LogP contribution in [0.1, 0.15) is 39.5 Å². The van der Waals surface area contributed by atoms with E-state index in [9.17, 15) is 0 Å². The minimum atomic E-state index is 0.533. The Balaban J connectivity index is 1.75. The van der Waals surface area contributed by atoms with E-state index in [2.05, 4.69) is 60.9 Å². The van der Waals surface area contributed by atoms with Crippen molar-refractivity contribution in [3.8, 4) is 10.4 Å². The summed E-state index contributed by atoms with van der Waals surface area (Å²) in [5.74, 6) is 0. The molecule has 1 heterocycles. The van der Waals surface area contributed by atoms with Crippen molar-refractivity contribution in [1.82, 2.24) is 0 Å². The van der Waals surface area contributed by atoms with Crippen LogP contribution < -0.4 is 5.32 Å². The second kappa shape index (κ2) is 5.61. The Morgan fingerprint density at radius 3 is 2.50 bits per heavy atom. The molecule has 0 unspecified atom stereocenters. The van der Waals surface area contributed by atoms with E-state index in [1.54, 1.807) is 0 Å². The van der Waals surface area contributed by atoms with Gasteiger partial charge in [-0.05, 0) is 48.6 Å². The first-order valence-corrected chi connectivity index (χ1v) is 8.41. The van der Waals surface area contributed by atoms with Crippen molar-refractivity contribution in [3.05, 3.63) is 41.8 Å². The lowest BCUT2D eigenvalue weighted by molar-refractivity contribution is 0.232. The summed E-state index contributed by atoms with van der Waals surface area (Å²) in [6.07, 6.45) is 5.22. The van der Waals surface area contributed by atoms with Crippen LogP contribution in [0, 0.1) is 5.41 Å². The largest absolute Gasteiger partial charge is 0.382 e. The lowest BCUT2D eigenvalue weighted by atomic mass is 9.75. The number of rotatable bonds is 3. The van der Waals surface area contributed by atoms with Gasteiger partial charge in [0.1, 0.15) is 0 Å². The van der Waals surface area contributed by atoms with E-state index in [1.165, 1.54) is 41.8 Å². The Hall–Kier alpha value is -1.28. The molecule has 0 spiro atoms. The summed E-state index contributed by atoms with van der Waals surface area (Å²) < 4.78 is 0. The maximum atomic E-state index is 3.78. The zero-order valence-corrected chi connectivity index (χ0v) is 13.2. The SMILES string of the molecule is CC1(C)CCC(Nc2ccccc2-c2cccs2)CC1. The van der Waals surface area contributed by atoms with Crippen LogP contribution in [0.5, 0.6) is 0 Å². The van der Waals surface area contributed by atoms with Crippen molar-refractivity contribution >= 4 is 17.0 Å². The van der Waals surface area contributed by atoms with Gasteiger partial charge in [0.2, 0.25) is 0 Å². The molecule has 0 radical (unpaired) electrons. The predicted molar refractivity (Wildman–Crippen MR) is 89.4 cm³/mol. The summed E-state index contributed by atoms with van der Waals surface area (Å²) in [4.78, 5) is 1.35. The molecule has 0 aliphatic heterocycles. The average Bonchev–Trinajstić information content (AvgIpc) is 2.96. The van der Waals surface area contributed by atoms with Gasteiger partial charge in [-0.1, -0.05) is 38.1 Å². The Morgan fingerprint density at radius 1 is 1.05 bits per heavy atom. The van der Waals surface area contributed by atoms with Gasteiger partial charge in [-0.25, -0.2) is 0 Å². The molecule has 1 aliphatic rings. The van der Waals surface area contributed by atoms with Crippen molar-refractivity contribution in [2.45, 2.75) is 45.6 Å². The van der Waals surface area contributed by atoms with Gasteiger partial charge in [0.05, 0.1) is 0 Å². The summed E-state index contributed by atoms with van der Waals surface area (Å²) in [5, 5.41) is 5.93. The van der Waals surface area contributed by atoms with Gasteiger partial charge in [-0.2, -0.15) is 0 Å². The molecule has 2 heteroatoms. The van der Waals surface area contributed by atoms with E-state index in [0.29, 0.717) is 11.5 Å². The van der Waals surface area contributed by atoms with Gasteiger partial charge in [0.15, 0.2) is 0 Å². The number of nitrogens with one attached hydrogen (secondary N) is 1. The van der Waals surface area contributed by atoms with E-state index >= 15 is 0 Å². The molecule has 3 rings (SSSR count). The first-order valence-electron chi connectivity index (χ1n) is 7.53. The summed E-state index contributed by atoms with van der Waals surface area (Å²) in [7, 11) is 0. The fourth-order valence-electron chi connectivity index (χ4n) is 3.02. The number of thiophene rings is 1. The highest BCUT2D eigenvalue weighted by atomic mass is 32.1. The number of para-hydroxylation sites is 1. The normalized spacial score (nSPS) is 18.9. The van der Waals surface area contributed by atoms with Crippen molar-refractivity contribution in [2.24, 2.45) is 5.41 Å². The smallest absolute Gasteiger partial charge is 0.0430 e. The first-order chi connectivity index (χ1) is 9.64. The number of hydrogen-bond acceptors (Lipinski definition) is 2. The van der Waals surface area contributed by atoms with Crippen molar-refractivity contribution in [1.29, 1.82) is 0 Å². The second-order valence-corrected chi connectivity index (χ2v) is 7.55.